The average Bonchev–Trinajstić information content (AvgIpc) is 2.27. The number of benzene rings is 1. The molecule has 0 aromatic heterocycles. The van der Waals surface area contributed by atoms with E-state index in [1.54, 1.807) is 25.1 Å². The van der Waals surface area contributed by atoms with Crippen molar-refractivity contribution in [2.24, 2.45) is 0 Å². The normalized spacial score (nSPS) is 9.19. The van der Waals surface area contributed by atoms with Crippen molar-refractivity contribution in [3.8, 4) is 11.8 Å². The predicted octanol–water partition coefficient (Wildman–Crippen LogP) is 2.77. The average molecular weight is 254 g/mol. The summed E-state index contributed by atoms with van der Waals surface area (Å²) in [5.41, 5.74) is 0.443. The maximum absolute atomic E-state index is 11.7. The second kappa shape index (κ2) is 6.47. The van der Waals surface area contributed by atoms with Gasteiger partial charge in [-0.15, -0.1) is 24.5 Å². The highest BCUT2D eigenvalue weighted by Gasteiger charge is 2.09. The number of thiol groups is 1. The molecule has 0 atom stereocenters. The van der Waals surface area contributed by atoms with Crippen molar-refractivity contribution < 1.29 is 4.79 Å². The summed E-state index contributed by atoms with van der Waals surface area (Å²) in [6.07, 6.45) is 0.639. The molecule has 0 heterocycles. The van der Waals surface area contributed by atoms with Crippen LogP contribution >= 0.6 is 24.2 Å². The zero-order valence-electron chi connectivity index (χ0n) is 8.88. The van der Waals surface area contributed by atoms with Crippen molar-refractivity contribution in [3.63, 3.8) is 0 Å². The van der Waals surface area contributed by atoms with Crippen LogP contribution in [0.2, 0.25) is 5.02 Å². The molecule has 0 saturated carbocycles. The van der Waals surface area contributed by atoms with Gasteiger partial charge < -0.3 is 5.32 Å². The van der Waals surface area contributed by atoms with Crippen LogP contribution in [0.4, 0.5) is 0 Å². The van der Waals surface area contributed by atoms with Gasteiger partial charge in [0.2, 0.25) is 0 Å². The van der Waals surface area contributed by atoms with Gasteiger partial charge >= 0.3 is 0 Å². The van der Waals surface area contributed by atoms with E-state index in [1.807, 2.05) is 0 Å². The van der Waals surface area contributed by atoms with Crippen molar-refractivity contribution in [2.45, 2.75) is 18.2 Å². The van der Waals surface area contributed by atoms with Crippen molar-refractivity contribution in [2.75, 3.05) is 6.54 Å². The van der Waals surface area contributed by atoms with Crippen molar-refractivity contribution in [3.05, 3.63) is 28.8 Å². The Balaban J connectivity index is 2.64. The quantitative estimate of drug-likeness (QED) is 0.484. The molecule has 0 bridgehead atoms. The molecule has 16 heavy (non-hydrogen) atoms. The Kier molecular flexibility index (Phi) is 5.24. The van der Waals surface area contributed by atoms with Crippen molar-refractivity contribution >= 4 is 30.1 Å². The number of amides is 1. The Morgan fingerprint density at radius 3 is 3.00 bits per heavy atom. The van der Waals surface area contributed by atoms with E-state index in [1.165, 1.54) is 0 Å². The lowest BCUT2D eigenvalue weighted by molar-refractivity contribution is 0.0954. The van der Waals surface area contributed by atoms with E-state index in [0.717, 1.165) is 0 Å². The first-order valence-electron chi connectivity index (χ1n) is 4.81. The number of carbonyl (C=O) groups is 1. The Hall–Kier alpha value is -1.11. The number of nitrogens with one attached hydrogen (secondary N) is 1. The fraction of sp³-hybridized carbons (Fsp3) is 0.250. The van der Waals surface area contributed by atoms with Crippen LogP contribution in [0.5, 0.6) is 0 Å². The zero-order valence-corrected chi connectivity index (χ0v) is 10.5. The molecular formula is C12H12ClNOS. The van der Waals surface area contributed by atoms with Gasteiger partial charge in [0.1, 0.15) is 0 Å². The summed E-state index contributed by atoms with van der Waals surface area (Å²) in [5.74, 6) is 5.43. The molecule has 0 spiro atoms. The molecule has 0 saturated heterocycles. The van der Waals surface area contributed by atoms with Crippen LogP contribution in [0.25, 0.3) is 0 Å². The Morgan fingerprint density at radius 2 is 2.31 bits per heavy atom. The van der Waals surface area contributed by atoms with Gasteiger partial charge in [0, 0.05) is 17.9 Å². The summed E-state index contributed by atoms with van der Waals surface area (Å²) in [7, 11) is 0. The van der Waals surface area contributed by atoms with Gasteiger partial charge in [-0.1, -0.05) is 11.6 Å². The van der Waals surface area contributed by atoms with E-state index < -0.39 is 0 Å². The van der Waals surface area contributed by atoms with Crippen LogP contribution in [0.1, 0.15) is 23.7 Å². The number of hydrogen-bond donors (Lipinski definition) is 2. The standard InChI is InChI=1S/C12H12ClNOS/c1-2-3-4-7-14-12(15)10-8-9(16)5-6-11(10)13/h5-6,8,16H,4,7H2,1H3,(H,14,15). The fourth-order valence-electron chi connectivity index (χ4n) is 1.15. The molecule has 4 heteroatoms. The van der Waals surface area contributed by atoms with Gasteiger partial charge in [-0.2, -0.15) is 0 Å². The first-order valence-corrected chi connectivity index (χ1v) is 5.64. The summed E-state index contributed by atoms with van der Waals surface area (Å²) in [4.78, 5) is 12.4. The summed E-state index contributed by atoms with van der Waals surface area (Å²) in [6.45, 7) is 2.29. The van der Waals surface area contributed by atoms with E-state index in [4.69, 9.17) is 11.6 Å². The molecular weight excluding hydrogens is 242 g/mol. The number of hydrogen-bond acceptors (Lipinski definition) is 2. The van der Waals surface area contributed by atoms with Crippen LogP contribution in [-0.4, -0.2) is 12.5 Å². The van der Waals surface area contributed by atoms with E-state index in [0.29, 0.717) is 28.4 Å². The SMILES string of the molecule is CC#CCCNC(=O)c1cc(S)ccc1Cl. The van der Waals surface area contributed by atoms with Crippen LogP contribution < -0.4 is 5.32 Å². The molecule has 0 radical (unpaired) electrons. The fourth-order valence-corrected chi connectivity index (χ4v) is 1.55. The summed E-state index contributed by atoms with van der Waals surface area (Å²) in [6, 6.07) is 5.04. The topological polar surface area (TPSA) is 29.1 Å². The third-order valence-corrected chi connectivity index (χ3v) is 2.51. The summed E-state index contributed by atoms with van der Waals surface area (Å²) < 4.78 is 0. The second-order valence-electron chi connectivity index (χ2n) is 3.10. The van der Waals surface area contributed by atoms with Crippen LogP contribution in [0.3, 0.4) is 0 Å². The molecule has 1 rings (SSSR count). The van der Waals surface area contributed by atoms with Crippen LogP contribution in [0, 0.1) is 11.8 Å². The van der Waals surface area contributed by atoms with E-state index >= 15 is 0 Å². The molecule has 1 aromatic rings. The minimum atomic E-state index is -0.196. The minimum absolute atomic E-state index is 0.196. The molecule has 0 unspecified atom stereocenters. The largest absolute Gasteiger partial charge is 0.351 e. The Bertz CT molecular complexity index is 448. The zero-order chi connectivity index (χ0) is 12.0. The first kappa shape index (κ1) is 13.0. The third-order valence-electron chi connectivity index (χ3n) is 1.91. The molecule has 2 nitrogen and oxygen atoms in total. The molecule has 0 aliphatic carbocycles. The Morgan fingerprint density at radius 1 is 1.56 bits per heavy atom. The first-order chi connectivity index (χ1) is 7.65. The summed E-state index contributed by atoms with van der Waals surface area (Å²) >= 11 is 10.1. The number of rotatable bonds is 3. The summed E-state index contributed by atoms with van der Waals surface area (Å²) in [5, 5.41) is 3.17. The molecule has 0 aliphatic heterocycles. The molecule has 84 valence electrons. The van der Waals surface area contributed by atoms with Gasteiger partial charge in [0.25, 0.3) is 5.91 Å². The molecule has 1 N–H and O–H groups in total. The van der Waals surface area contributed by atoms with E-state index in [2.05, 4.69) is 29.8 Å². The second-order valence-corrected chi connectivity index (χ2v) is 4.02. The van der Waals surface area contributed by atoms with Gasteiger partial charge in [-0.3, -0.25) is 4.79 Å². The highest BCUT2D eigenvalue weighted by molar-refractivity contribution is 7.80. The van der Waals surface area contributed by atoms with Gasteiger partial charge in [-0.05, 0) is 25.1 Å². The molecule has 0 fully saturated rings. The van der Waals surface area contributed by atoms with Crippen LogP contribution in [0.15, 0.2) is 23.1 Å². The predicted molar refractivity (Wildman–Crippen MR) is 69.1 cm³/mol. The monoisotopic (exact) mass is 253 g/mol. The van der Waals surface area contributed by atoms with Crippen molar-refractivity contribution in [1.29, 1.82) is 0 Å². The highest BCUT2D eigenvalue weighted by Crippen LogP contribution is 2.19. The highest BCUT2D eigenvalue weighted by atomic mass is 35.5. The van der Waals surface area contributed by atoms with Gasteiger partial charge in [-0.25, -0.2) is 0 Å². The number of halogens is 1. The lowest BCUT2D eigenvalue weighted by Gasteiger charge is -2.05. The van der Waals surface area contributed by atoms with Crippen LogP contribution in [-0.2, 0) is 0 Å². The molecule has 1 amide bonds. The smallest absolute Gasteiger partial charge is 0.252 e. The third kappa shape index (κ3) is 3.80. The maximum atomic E-state index is 11.7. The lowest BCUT2D eigenvalue weighted by Crippen LogP contribution is -2.24. The van der Waals surface area contributed by atoms with E-state index in [-0.39, 0.29) is 5.91 Å². The lowest BCUT2D eigenvalue weighted by atomic mass is 10.2. The molecule has 1 aromatic carbocycles. The minimum Gasteiger partial charge on any atom is -0.351 e. The van der Waals surface area contributed by atoms with Gasteiger partial charge in [0.05, 0.1) is 10.6 Å². The maximum Gasteiger partial charge on any atom is 0.252 e. The Labute approximate surface area is 106 Å². The number of carbonyl (C=O) groups excluding carboxylic acids is 1. The van der Waals surface area contributed by atoms with Crippen molar-refractivity contribution in [1.82, 2.24) is 5.32 Å². The van der Waals surface area contributed by atoms with E-state index in [9.17, 15) is 4.79 Å². The molecule has 0 aliphatic rings. The van der Waals surface area contributed by atoms with Gasteiger partial charge in [0.15, 0.2) is 0 Å².